The molecule has 0 fully saturated rings. The van der Waals surface area contributed by atoms with E-state index in [2.05, 4.69) is 5.32 Å². The lowest BCUT2D eigenvalue weighted by molar-refractivity contribution is -0.115. The van der Waals surface area contributed by atoms with Gasteiger partial charge >= 0.3 is 0 Å². The Morgan fingerprint density at radius 1 is 1.11 bits per heavy atom. The molecule has 0 aliphatic heterocycles. The van der Waals surface area contributed by atoms with Crippen molar-refractivity contribution in [2.24, 2.45) is 0 Å². The number of para-hydroxylation sites is 2. The van der Waals surface area contributed by atoms with E-state index >= 15 is 0 Å². The molecule has 1 amide bonds. The second kappa shape index (κ2) is 6.29. The molecule has 0 saturated heterocycles. The van der Waals surface area contributed by atoms with Crippen LogP contribution in [-0.2, 0) is 4.79 Å². The Morgan fingerprint density at radius 2 is 1.74 bits per heavy atom. The summed E-state index contributed by atoms with van der Waals surface area (Å²) in [6.07, 6.45) is 0. The van der Waals surface area contributed by atoms with Gasteiger partial charge in [-0.05, 0) is 31.2 Å². The highest BCUT2D eigenvalue weighted by atomic mass is 32.2. The smallest absolute Gasteiger partial charge is 0.237 e. The number of nitrogens with two attached hydrogens (primary N) is 1. The van der Waals surface area contributed by atoms with Gasteiger partial charge in [0.15, 0.2) is 0 Å². The fourth-order valence-corrected chi connectivity index (χ4v) is 2.51. The molecule has 3 nitrogen and oxygen atoms in total. The van der Waals surface area contributed by atoms with Gasteiger partial charge in [0.2, 0.25) is 5.91 Å². The number of rotatable bonds is 4. The summed E-state index contributed by atoms with van der Waals surface area (Å²) < 4.78 is 0. The average Bonchev–Trinajstić information content (AvgIpc) is 2.42. The third-order valence-corrected chi connectivity index (χ3v) is 3.83. The number of hydrogen-bond donors (Lipinski definition) is 2. The average molecular weight is 272 g/mol. The Kier molecular flexibility index (Phi) is 4.47. The molecule has 0 aromatic heterocycles. The van der Waals surface area contributed by atoms with Gasteiger partial charge in [-0.1, -0.05) is 30.3 Å². The third-order valence-electron chi connectivity index (χ3n) is 2.63. The van der Waals surface area contributed by atoms with E-state index in [4.69, 9.17) is 5.73 Å². The van der Waals surface area contributed by atoms with Crippen molar-refractivity contribution < 1.29 is 4.79 Å². The van der Waals surface area contributed by atoms with Crippen LogP contribution in [0.3, 0.4) is 0 Å². The fourth-order valence-electron chi connectivity index (χ4n) is 1.60. The summed E-state index contributed by atoms with van der Waals surface area (Å²) in [4.78, 5) is 13.0. The number of nitrogens with one attached hydrogen (secondary N) is 1. The number of benzene rings is 2. The minimum atomic E-state index is -0.204. The van der Waals surface area contributed by atoms with E-state index in [1.54, 1.807) is 0 Å². The predicted molar refractivity (Wildman–Crippen MR) is 81.2 cm³/mol. The number of carbonyl (C=O) groups is 1. The third kappa shape index (κ3) is 3.76. The second-order valence-electron chi connectivity index (χ2n) is 4.15. The van der Waals surface area contributed by atoms with Crippen molar-refractivity contribution >= 4 is 29.0 Å². The second-order valence-corrected chi connectivity index (χ2v) is 5.54. The molecule has 98 valence electrons. The van der Waals surface area contributed by atoms with Gasteiger partial charge in [0, 0.05) is 16.3 Å². The topological polar surface area (TPSA) is 55.1 Å². The minimum Gasteiger partial charge on any atom is -0.398 e. The normalized spacial score (nSPS) is 11.8. The molecular formula is C15H16N2OS. The van der Waals surface area contributed by atoms with E-state index < -0.39 is 0 Å². The maximum atomic E-state index is 12.1. The summed E-state index contributed by atoms with van der Waals surface area (Å²) in [6.45, 7) is 1.87. The Labute approximate surface area is 117 Å². The standard InChI is InChI=1S/C15H16N2OS/c1-11(19-14-10-6-5-9-13(14)16)15(18)17-12-7-3-2-4-8-12/h2-11H,16H2,1H3,(H,17,18). The molecule has 0 radical (unpaired) electrons. The lowest BCUT2D eigenvalue weighted by atomic mass is 10.3. The molecule has 3 N–H and O–H groups in total. The van der Waals surface area contributed by atoms with Crippen LogP contribution in [0.15, 0.2) is 59.5 Å². The van der Waals surface area contributed by atoms with Crippen LogP contribution in [0.5, 0.6) is 0 Å². The highest BCUT2D eigenvalue weighted by molar-refractivity contribution is 8.00. The van der Waals surface area contributed by atoms with Crippen molar-refractivity contribution in [1.29, 1.82) is 0 Å². The molecule has 2 aromatic rings. The largest absolute Gasteiger partial charge is 0.398 e. The summed E-state index contributed by atoms with van der Waals surface area (Å²) in [7, 11) is 0. The lowest BCUT2D eigenvalue weighted by Crippen LogP contribution is -2.22. The van der Waals surface area contributed by atoms with E-state index in [0.29, 0.717) is 5.69 Å². The number of nitrogen functional groups attached to an aromatic ring is 1. The Balaban J connectivity index is 1.98. The van der Waals surface area contributed by atoms with Crippen LogP contribution in [-0.4, -0.2) is 11.2 Å². The Hall–Kier alpha value is -1.94. The summed E-state index contributed by atoms with van der Waals surface area (Å²) in [5.41, 5.74) is 7.38. The quantitative estimate of drug-likeness (QED) is 0.662. The van der Waals surface area contributed by atoms with Gasteiger partial charge in [-0.2, -0.15) is 0 Å². The predicted octanol–water partition coefficient (Wildman–Crippen LogP) is 3.39. The molecule has 0 saturated carbocycles. The van der Waals surface area contributed by atoms with Gasteiger partial charge in [0.25, 0.3) is 0 Å². The van der Waals surface area contributed by atoms with Gasteiger partial charge in [-0.25, -0.2) is 0 Å². The van der Waals surface area contributed by atoms with Crippen LogP contribution in [0.4, 0.5) is 11.4 Å². The molecule has 0 aliphatic rings. The number of amides is 1. The zero-order valence-electron chi connectivity index (χ0n) is 10.7. The molecule has 1 unspecified atom stereocenters. The minimum absolute atomic E-state index is 0.0283. The number of anilines is 2. The summed E-state index contributed by atoms with van der Waals surface area (Å²) >= 11 is 1.46. The monoisotopic (exact) mass is 272 g/mol. The van der Waals surface area contributed by atoms with Crippen LogP contribution in [0.2, 0.25) is 0 Å². The molecular weight excluding hydrogens is 256 g/mol. The van der Waals surface area contributed by atoms with Crippen LogP contribution in [0, 0.1) is 0 Å². The summed E-state index contributed by atoms with van der Waals surface area (Å²) in [5, 5.41) is 2.68. The van der Waals surface area contributed by atoms with E-state index in [0.717, 1.165) is 10.6 Å². The molecule has 19 heavy (non-hydrogen) atoms. The van der Waals surface area contributed by atoms with Crippen LogP contribution in [0.25, 0.3) is 0 Å². The van der Waals surface area contributed by atoms with Crippen molar-refractivity contribution in [3.63, 3.8) is 0 Å². The molecule has 0 bridgehead atoms. The van der Waals surface area contributed by atoms with E-state index in [9.17, 15) is 4.79 Å². The highest BCUT2D eigenvalue weighted by Crippen LogP contribution is 2.28. The first-order valence-corrected chi connectivity index (χ1v) is 6.92. The molecule has 2 aromatic carbocycles. The fraction of sp³-hybridized carbons (Fsp3) is 0.133. The lowest BCUT2D eigenvalue weighted by Gasteiger charge is -2.13. The zero-order valence-corrected chi connectivity index (χ0v) is 11.5. The molecule has 4 heteroatoms. The zero-order chi connectivity index (χ0) is 13.7. The SMILES string of the molecule is CC(Sc1ccccc1N)C(=O)Nc1ccccc1. The molecule has 0 aliphatic carbocycles. The summed E-state index contributed by atoms with van der Waals surface area (Å²) in [6, 6.07) is 17.0. The van der Waals surface area contributed by atoms with Crippen molar-refractivity contribution in [3.8, 4) is 0 Å². The number of carbonyl (C=O) groups excluding carboxylic acids is 1. The van der Waals surface area contributed by atoms with Gasteiger partial charge in [0.05, 0.1) is 5.25 Å². The molecule has 0 spiro atoms. The Morgan fingerprint density at radius 3 is 2.42 bits per heavy atom. The van der Waals surface area contributed by atoms with Crippen molar-refractivity contribution in [1.82, 2.24) is 0 Å². The van der Waals surface area contributed by atoms with Crippen LogP contribution < -0.4 is 11.1 Å². The number of thioether (sulfide) groups is 1. The van der Waals surface area contributed by atoms with Crippen molar-refractivity contribution in [2.75, 3.05) is 11.1 Å². The van der Waals surface area contributed by atoms with Crippen LogP contribution >= 0.6 is 11.8 Å². The molecule has 1 atom stereocenters. The van der Waals surface area contributed by atoms with Gasteiger partial charge < -0.3 is 11.1 Å². The van der Waals surface area contributed by atoms with Crippen molar-refractivity contribution in [3.05, 3.63) is 54.6 Å². The maximum Gasteiger partial charge on any atom is 0.237 e. The first kappa shape index (κ1) is 13.5. The van der Waals surface area contributed by atoms with E-state index in [1.165, 1.54) is 11.8 Å². The molecule has 2 rings (SSSR count). The first-order valence-electron chi connectivity index (χ1n) is 6.04. The van der Waals surface area contributed by atoms with E-state index in [-0.39, 0.29) is 11.2 Å². The first-order chi connectivity index (χ1) is 9.16. The van der Waals surface area contributed by atoms with Crippen molar-refractivity contribution in [2.45, 2.75) is 17.1 Å². The van der Waals surface area contributed by atoms with Gasteiger partial charge in [-0.15, -0.1) is 11.8 Å². The van der Waals surface area contributed by atoms with Crippen LogP contribution in [0.1, 0.15) is 6.92 Å². The highest BCUT2D eigenvalue weighted by Gasteiger charge is 2.15. The van der Waals surface area contributed by atoms with E-state index in [1.807, 2.05) is 61.5 Å². The maximum absolute atomic E-state index is 12.1. The van der Waals surface area contributed by atoms with Gasteiger partial charge in [0.1, 0.15) is 0 Å². The Bertz CT molecular complexity index is 557. The number of hydrogen-bond acceptors (Lipinski definition) is 3. The molecule has 0 heterocycles. The van der Waals surface area contributed by atoms with Gasteiger partial charge in [-0.3, -0.25) is 4.79 Å². The summed E-state index contributed by atoms with van der Waals surface area (Å²) in [5.74, 6) is -0.0283.